The summed E-state index contributed by atoms with van der Waals surface area (Å²) in [6.07, 6.45) is 1.19. The zero-order valence-electron chi connectivity index (χ0n) is 8.26. The molecule has 2 atom stereocenters. The molecule has 2 unspecified atom stereocenters. The van der Waals surface area contributed by atoms with Gasteiger partial charge in [0.15, 0.2) is 0 Å². The first kappa shape index (κ1) is 11.0. The molecule has 0 aromatic rings. The molecule has 0 spiro atoms. The monoisotopic (exact) mass is 249 g/mol. The van der Waals surface area contributed by atoms with Gasteiger partial charge in [0.1, 0.15) is 4.83 Å². The summed E-state index contributed by atoms with van der Waals surface area (Å²) in [7, 11) is 1.40. The number of alkyl halides is 1. The van der Waals surface area contributed by atoms with Gasteiger partial charge in [-0.15, -0.1) is 0 Å². The minimum Gasteiger partial charge on any atom is -0.468 e. The molecule has 4 heteroatoms. The van der Waals surface area contributed by atoms with Gasteiger partial charge in [0.25, 0.3) is 0 Å². The first-order chi connectivity index (χ1) is 5.97. The largest absolute Gasteiger partial charge is 0.468 e. The van der Waals surface area contributed by atoms with Gasteiger partial charge in [-0.25, -0.2) is 0 Å². The van der Waals surface area contributed by atoms with E-state index in [0.29, 0.717) is 18.0 Å². The summed E-state index contributed by atoms with van der Waals surface area (Å²) in [6.45, 7) is 5.07. The minimum absolute atomic E-state index is 0.217. The molecule has 3 nitrogen and oxygen atoms in total. The average Bonchev–Trinajstić information content (AvgIpc) is 2.68. The van der Waals surface area contributed by atoms with Crippen LogP contribution in [0.1, 0.15) is 20.3 Å². The van der Waals surface area contributed by atoms with E-state index in [9.17, 15) is 4.79 Å². The highest BCUT2D eigenvalue weighted by Gasteiger charge is 2.45. The molecule has 1 aliphatic carbocycles. The second-order valence-corrected chi connectivity index (χ2v) is 5.25. The topological polar surface area (TPSA) is 38.3 Å². The van der Waals surface area contributed by atoms with Gasteiger partial charge in [-0.1, -0.05) is 29.8 Å². The summed E-state index contributed by atoms with van der Waals surface area (Å²) >= 11 is 3.26. The van der Waals surface area contributed by atoms with Crippen molar-refractivity contribution in [2.24, 2.45) is 5.41 Å². The molecule has 1 saturated carbocycles. The Morgan fingerprint density at radius 2 is 2.31 bits per heavy atom. The normalized spacial score (nSPS) is 26.6. The second kappa shape index (κ2) is 3.96. The molecule has 0 aromatic carbocycles. The summed E-state index contributed by atoms with van der Waals surface area (Å²) < 4.78 is 4.59. The van der Waals surface area contributed by atoms with Crippen LogP contribution in [-0.2, 0) is 9.53 Å². The molecule has 13 heavy (non-hydrogen) atoms. The number of halogens is 1. The molecule has 0 amide bonds. The number of methoxy groups -OCH3 is 1. The number of carbonyl (C=O) groups excluding carboxylic acids is 1. The van der Waals surface area contributed by atoms with Crippen LogP contribution in [-0.4, -0.2) is 30.5 Å². The van der Waals surface area contributed by atoms with Crippen molar-refractivity contribution >= 4 is 21.9 Å². The molecule has 1 rings (SSSR count). The minimum atomic E-state index is -0.228. The molecule has 0 saturated heterocycles. The predicted molar refractivity (Wildman–Crippen MR) is 54.9 cm³/mol. The maximum absolute atomic E-state index is 11.0. The molecular formula is C9H16BrNO2. The van der Waals surface area contributed by atoms with Crippen molar-refractivity contribution in [3.8, 4) is 0 Å². The number of nitrogens with one attached hydrogen (secondary N) is 1. The van der Waals surface area contributed by atoms with Crippen LogP contribution in [0.2, 0.25) is 0 Å². The van der Waals surface area contributed by atoms with E-state index in [-0.39, 0.29) is 10.8 Å². The summed E-state index contributed by atoms with van der Waals surface area (Å²) in [6, 6.07) is 0.553. The molecule has 0 aromatic heterocycles. The number of carbonyl (C=O) groups is 1. The Bertz CT molecular complexity index is 206. The Hall–Kier alpha value is -0.0900. The van der Waals surface area contributed by atoms with E-state index in [2.05, 4.69) is 39.8 Å². The number of esters is 1. The van der Waals surface area contributed by atoms with Crippen LogP contribution in [0.3, 0.4) is 0 Å². The van der Waals surface area contributed by atoms with E-state index in [4.69, 9.17) is 0 Å². The Kier molecular flexibility index (Phi) is 3.35. The zero-order valence-corrected chi connectivity index (χ0v) is 9.85. The first-order valence-electron chi connectivity index (χ1n) is 4.42. The van der Waals surface area contributed by atoms with E-state index in [1.165, 1.54) is 13.5 Å². The van der Waals surface area contributed by atoms with Crippen LogP contribution in [0.25, 0.3) is 0 Å². The van der Waals surface area contributed by atoms with Crippen molar-refractivity contribution in [1.82, 2.24) is 5.32 Å². The number of rotatable bonds is 4. The highest BCUT2D eigenvalue weighted by atomic mass is 79.9. The zero-order chi connectivity index (χ0) is 10.1. The molecule has 1 aliphatic rings. The van der Waals surface area contributed by atoms with Gasteiger partial charge in [-0.05, 0) is 11.8 Å². The van der Waals surface area contributed by atoms with Crippen molar-refractivity contribution in [2.45, 2.75) is 31.1 Å². The van der Waals surface area contributed by atoms with Crippen LogP contribution < -0.4 is 5.32 Å². The van der Waals surface area contributed by atoms with Gasteiger partial charge in [-0.2, -0.15) is 0 Å². The SMILES string of the molecule is COC(=O)C(Br)CNC1CC1(C)C. The standard InChI is InChI=1S/C9H16BrNO2/c1-9(2)4-7(9)11-5-6(10)8(12)13-3/h6-7,11H,4-5H2,1-3H3. The lowest BCUT2D eigenvalue weighted by Gasteiger charge is -2.09. The average molecular weight is 250 g/mol. The van der Waals surface area contributed by atoms with E-state index in [0.717, 1.165) is 0 Å². The second-order valence-electron chi connectivity index (χ2n) is 4.14. The lowest BCUT2D eigenvalue weighted by Crippen LogP contribution is -2.32. The molecule has 76 valence electrons. The third-order valence-corrected chi connectivity index (χ3v) is 3.21. The third-order valence-electron chi connectivity index (χ3n) is 2.51. The maximum Gasteiger partial charge on any atom is 0.320 e. The lowest BCUT2D eigenvalue weighted by molar-refractivity contribution is -0.139. The molecule has 0 heterocycles. The Morgan fingerprint density at radius 3 is 2.69 bits per heavy atom. The highest BCUT2D eigenvalue weighted by molar-refractivity contribution is 9.10. The molecule has 0 aliphatic heterocycles. The van der Waals surface area contributed by atoms with Crippen LogP contribution in [0.15, 0.2) is 0 Å². The van der Waals surface area contributed by atoms with Crippen molar-refractivity contribution in [3.05, 3.63) is 0 Å². The number of ether oxygens (including phenoxy) is 1. The fourth-order valence-corrected chi connectivity index (χ4v) is 1.65. The van der Waals surface area contributed by atoms with Crippen LogP contribution in [0, 0.1) is 5.41 Å². The summed E-state index contributed by atoms with van der Waals surface area (Å²) in [5.74, 6) is -0.217. The van der Waals surface area contributed by atoms with Gasteiger partial charge < -0.3 is 10.1 Å². The number of hydrogen-bond donors (Lipinski definition) is 1. The predicted octanol–water partition coefficient (Wildman–Crippen LogP) is 1.31. The van der Waals surface area contributed by atoms with Gasteiger partial charge in [-0.3, -0.25) is 4.79 Å². The molecule has 1 fully saturated rings. The van der Waals surface area contributed by atoms with Gasteiger partial charge >= 0.3 is 5.97 Å². The fraction of sp³-hybridized carbons (Fsp3) is 0.889. The van der Waals surface area contributed by atoms with Crippen LogP contribution in [0.4, 0.5) is 0 Å². The van der Waals surface area contributed by atoms with Crippen molar-refractivity contribution < 1.29 is 9.53 Å². The van der Waals surface area contributed by atoms with Gasteiger partial charge in [0, 0.05) is 12.6 Å². The van der Waals surface area contributed by atoms with Gasteiger partial charge in [0.2, 0.25) is 0 Å². The Balaban J connectivity index is 2.17. The first-order valence-corrected chi connectivity index (χ1v) is 5.34. The molecule has 0 radical (unpaired) electrons. The maximum atomic E-state index is 11.0. The molecule has 1 N–H and O–H groups in total. The van der Waals surface area contributed by atoms with Crippen LogP contribution in [0.5, 0.6) is 0 Å². The van der Waals surface area contributed by atoms with E-state index < -0.39 is 0 Å². The van der Waals surface area contributed by atoms with Crippen molar-refractivity contribution in [1.29, 1.82) is 0 Å². The third kappa shape index (κ3) is 2.95. The van der Waals surface area contributed by atoms with Crippen molar-refractivity contribution in [2.75, 3.05) is 13.7 Å². The Morgan fingerprint density at radius 1 is 1.77 bits per heavy atom. The quantitative estimate of drug-likeness (QED) is 0.604. The summed E-state index contributed by atoms with van der Waals surface area (Å²) in [5.41, 5.74) is 0.406. The smallest absolute Gasteiger partial charge is 0.320 e. The summed E-state index contributed by atoms with van der Waals surface area (Å²) in [5, 5.41) is 3.31. The summed E-state index contributed by atoms with van der Waals surface area (Å²) in [4.78, 5) is 10.8. The van der Waals surface area contributed by atoms with Crippen molar-refractivity contribution in [3.63, 3.8) is 0 Å². The Labute approximate surface area is 87.3 Å². The fourth-order valence-electron chi connectivity index (χ4n) is 1.27. The highest BCUT2D eigenvalue weighted by Crippen LogP contribution is 2.44. The van der Waals surface area contributed by atoms with E-state index >= 15 is 0 Å². The van der Waals surface area contributed by atoms with Gasteiger partial charge in [0.05, 0.1) is 7.11 Å². The lowest BCUT2D eigenvalue weighted by atomic mass is 10.2. The van der Waals surface area contributed by atoms with E-state index in [1.54, 1.807) is 0 Å². The molecule has 0 bridgehead atoms. The van der Waals surface area contributed by atoms with E-state index in [1.807, 2.05) is 0 Å². The number of hydrogen-bond acceptors (Lipinski definition) is 3. The molecular weight excluding hydrogens is 234 g/mol. The van der Waals surface area contributed by atoms with Crippen LogP contribution >= 0.6 is 15.9 Å².